The highest BCUT2D eigenvalue weighted by molar-refractivity contribution is 6.37. The first kappa shape index (κ1) is 28.2. The van der Waals surface area contributed by atoms with Crippen molar-refractivity contribution < 1.29 is 14.3 Å². The number of hydrogen-bond donors (Lipinski definition) is 3. The van der Waals surface area contributed by atoms with Crippen LogP contribution in [0.25, 0.3) is 11.3 Å². The van der Waals surface area contributed by atoms with Gasteiger partial charge in [0.05, 0.1) is 24.8 Å². The molecule has 43 heavy (non-hydrogen) atoms. The number of hydrogen-bond acceptors (Lipinski definition) is 5. The third kappa shape index (κ3) is 6.63. The molecule has 0 aromatic heterocycles. The molecule has 2 amide bonds. The second-order valence-corrected chi connectivity index (χ2v) is 11.0. The van der Waals surface area contributed by atoms with E-state index in [2.05, 4.69) is 45.1 Å². The van der Waals surface area contributed by atoms with Crippen molar-refractivity contribution in [3.8, 4) is 5.75 Å². The number of fused-ring (bicyclic) bond motifs is 1. The van der Waals surface area contributed by atoms with E-state index >= 15 is 0 Å². The number of likely N-dealkylation sites (tertiary alicyclic amines) is 1. The quantitative estimate of drug-likeness (QED) is 0.192. The maximum absolute atomic E-state index is 13.4. The van der Waals surface area contributed by atoms with E-state index in [0.717, 1.165) is 42.0 Å². The Hall–Kier alpha value is -4.88. The average molecular weight is 573 g/mol. The smallest absolute Gasteiger partial charge is 0.258 e. The Kier molecular flexibility index (Phi) is 8.52. The van der Waals surface area contributed by atoms with Crippen molar-refractivity contribution >= 4 is 40.1 Å². The zero-order valence-corrected chi connectivity index (χ0v) is 24.4. The van der Waals surface area contributed by atoms with Crippen LogP contribution in [-0.2, 0) is 22.6 Å². The summed E-state index contributed by atoms with van der Waals surface area (Å²) in [6, 6.07) is 31.3. The van der Waals surface area contributed by atoms with Gasteiger partial charge in [-0.3, -0.25) is 14.5 Å². The van der Waals surface area contributed by atoms with Gasteiger partial charge in [0.2, 0.25) is 5.91 Å². The second-order valence-electron chi connectivity index (χ2n) is 11.0. The predicted octanol–water partition coefficient (Wildman–Crippen LogP) is 6.79. The summed E-state index contributed by atoms with van der Waals surface area (Å²) in [6.07, 6.45) is 4.03. The molecule has 0 radical (unpaired) electrons. The first-order chi connectivity index (χ1) is 21.1. The van der Waals surface area contributed by atoms with Crippen molar-refractivity contribution in [2.24, 2.45) is 0 Å². The standard InChI is InChI=1S/C36H36N4O3/c1-43-32-13-7-6-12-27(32)22-33(41)37-29-18-19-31-30(23-29)34(36(42)39-31)35(26-10-4-2-5-11-26)38-28-16-14-25(15-17-28)24-40-20-8-3-9-21-40/h2,4-7,10-19,23,38H,3,8-9,20-22,24H2,1H3,(H,37,41)(H,39,42). The van der Waals surface area contributed by atoms with Crippen LogP contribution in [0.1, 0.15) is 41.5 Å². The highest BCUT2D eigenvalue weighted by atomic mass is 16.5. The van der Waals surface area contributed by atoms with Gasteiger partial charge >= 0.3 is 0 Å². The molecule has 0 saturated carbocycles. The molecule has 218 valence electrons. The van der Waals surface area contributed by atoms with Crippen molar-refractivity contribution in [1.82, 2.24) is 4.90 Å². The van der Waals surface area contributed by atoms with Gasteiger partial charge in [-0.25, -0.2) is 0 Å². The van der Waals surface area contributed by atoms with Crippen molar-refractivity contribution in [1.29, 1.82) is 0 Å². The summed E-state index contributed by atoms with van der Waals surface area (Å²) in [5.41, 5.74) is 7.15. The Labute approximate surface area is 252 Å². The monoisotopic (exact) mass is 572 g/mol. The second kappa shape index (κ2) is 13.0. The number of nitrogens with one attached hydrogen (secondary N) is 3. The molecule has 1 saturated heterocycles. The van der Waals surface area contributed by atoms with E-state index in [1.165, 1.54) is 24.8 Å². The fourth-order valence-electron chi connectivity index (χ4n) is 5.82. The van der Waals surface area contributed by atoms with Gasteiger partial charge in [0, 0.05) is 34.7 Å². The Morgan fingerprint density at radius 1 is 0.837 bits per heavy atom. The molecule has 6 rings (SSSR count). The van der Waals surface area contributed by atoms with Crippen LogP contribution in [0.2, 0.25) is 0 Å². The minimum Gasteiger partial charge on any atom is -0.496 e. The lowest BCUT2D eigenvalue weighted by molar-refractivity contribution is -0.115. The Morgan fingerprint density at radius 3 is 2.33 bits per heavy atom. The van der Waals surface area contributed by atoms with Crippen LogP contribution in [0.15, 0.2) is 97.1 Å². The SMILES string of the molecule is COc1ccccc1CC(=O)Nc1ccc2c(c1)C(=C(Nc1ccc(CN3CCCCC3)cc1)c1ccccc1)C(=O)N2. The molecule has 2 aliphatic heterocycles. The zero-order chi connectivity index (χ0) is 29.6. The van der Waals surface area contributed by atoms with E-state index in [0.29, 0.717) is 28.4 Å². The summed E-state index contributed by atoms with van der Waals surface area (Å²) in [6.45, 7) is 3.26. The summed E-state index contributed by atoms with van der Waals surface area (Å²) < 4.78 is 5.40. The van der Waals surface area contributed by atoms with E-state index in [9.17, 15) is 9.59 Å². The number of nitrogens with zero attached hydrogens (tertiary/aromatic N) is 1. The van der Waals surface area contributed by atoms with Gasteiger partial charge < -0.3 is 20.7 Å². The summed E-state index contributed by atoms with van der Waals surface area (Å²) in [5.74, 6) is 0.309. The van der Waals surface area contributed by atoms with Crippen LogP contribution in [0.3, 0.4) is 0 Å². The van der Waals surface area contributed by atoms with Crippen LogP contribution >= 0.6 is 0 Å². The van der Waals surface area contributed by atoms with Crippen molar-refractivity contribution in [2.45, 2.75) is 32.2 Å². The Balaban J connectivity index is 1.28. The van der Waals surface area contributed by atoms with Gasteiger partial charge in [0.25, 0.3) is 5.91 Å². The summed E-state index contributed by atoms with van der Waals surface area (Å²) in [4.78, 5) is 28.9. The molecule has 0 unspecified atom stereocenters. The van der Waals surface area contributed by atoms with Crippen LogP contribution in [0.5, 0.6) is 5.75 Å². The number of anilines is 3. The topological polar surface area (TPSA) is 82.7 Å². The lowest BCUT2D eigenvalue weighted by Gasteiger charge is -2.26. The van der Waals surface area contributed by atoms with E-state index in [1.54, 1.807) is 13.2 Å². The van der Waals surface area contributed by atoms with Gasteiger partial charge in [0.15, 0.2) is 0 Å². The maximum atomic E-state index is 13.4. The number of carbonyl (C=O) groups is 2. The molecule has 0 bridgehead atoms. The van der Waals surface area contributed by atoms with E-state index in [4.69, 9.17) is 4.74 Å². The molecule has 4 aromatic rings. The molecular formula is C36H36N4O3. The highest BCUT2D eigenvalue weighted by Gasteiger charge is 2.29. The van der Waals surface area contributed by atoms with Gasteiger partial charge in [0.1, 0.15) is 5.75 Å². The molecule has 3 N–H and O–H groups in total. The van der Waals surface area contributed by atoms with Crippen molar-refractivity contribution in [2.75, 3.05) is 36.1 Å². The molecule has 7 nitrogen and oxygen atoms in total. The van der Waals surface area contributed by atoms with Crippen LogP contribution in [-0.4, -0.2) is 36.9 Å². The van der Waals surface area contributed by atoms with Crippen molar-refractivity contribution in [3.05, 3.63) is 119 Å². The number of methoxy groups -OCH3 is 1. The number of benzene rings is 4. The minimum atomic E-state index is -0.194. The third-order valence-electron chi connectivity index (χ3n) is 7.98. The minimum absolute atomic E-state index is 0.168. The van der Waals surface area contributed by atoms with E-state index in [1.807, 2.05) is 66.7 Å². The fraction of sp³-hybridized carbons (Fsp3) is 0.222. The van der Waals surface area contributed by atoms with Gasteiger partial charge in [-0.05, 0) is 73.5 Å². The molecule has 7 heteroatoms. The third-order valence-corrected chi connectivity index (χ3v) is 7.98. The number of piperidine rings is 1. The summed E-state index contributed by atoms with van der Waals surface area (Å²) in [5, 5.41) is 9.55. The van der Waals surface area contributed by atoms with E-state index < -0.39 is 0 Å². The predicted molar refractivity (Wildman–Crippen MR) is 173 cm³/mol. The van der Waals surface area contributed by atoms with Crippen molar-refractivity contribution in [3.63, 3.8) is 0 Å². The molecule has 2 aliphatic rings. The lowest BCUT2D eigenvalue weighted by atomic mass is 9.99. The molecule has 0 aliphatic carbocycles. The molecular weight excluding hydrogens is 536 g/mol. The zero-order valence-electron chi connectivity index (χ0n) is 24.4. The maximum Gasteiger partial charge on any atom is 0.258 e. The fourth-order valence-corrected chi connectivity index (χ4v) is 5.82. The number of carbonyl (C=O) groups excluding carboxylic acids is 2. The van der Waals surface area contributed by atoms with Crippen LogP contribution in [0.4, 0.5) is 17.1 Å². The van der Waals surface area contributed by atoms with Gasteiger partial charge in [-0.1, -0.05) is 67.1 Å². The first-order valence-electron chi connectivity index (χ1n) is 14.8. The normalized spacial score (nSPS) is 15.8. The molecule has 2 heterocycles. The van der Waals surface area contributed by atoms with Gasteiger partial charge in [-0.15, -0.1) is 0 Å². The van der Waals surface area contributed by atoms with Crippen LogP contribution in [0, 0.1) is 0 Å². The largest absolute Gasteiger partial charge is 0.496 e. The number of ether oxygens (including phenoxy) is 1. The Morgan fingerprint density at radius 2 is 1.56 bits per heavy atom. The Bertz CT molecular complexity index is 1640. The average Bonchev–Trinajstić information content (AvgIpc) is 3.36. The molecule has 4 aromatic carbocycles. The van der Waals surface area contributed by atoms with Crippen LogP contribution < -0.4 is 20.7 Å². The first-order valence-corrected chi connectivity index (χ1v) is 14.8. The molecule has 0 atom stereocenters. The summed E-state index contributed by atoms with van der Waals surface area (Å²) >= 11 is 0. The molecule has 0 spiro atoms. The number of amides is 2. The summed E-state index contributed by atoms with van der Waals surface area (Å²) in [7, 11) is 1.59. The highest BCUT2D eigenvalue weighted by Crippen LogP contribution is 2.39. The number of para-hydroxylation sites is 1. The molecule has 1 fully saturated rings. The number of rotatable bonds is 9. The van der Waals surface area contributed by atoms with E-state index in [-0.39, 0.29) is 18.2 Å². The van der Waals surface area contributed by atoms with Gasteiger partial charge in [-0.2, -0.15) is 0 Å². The lowest BCUT2D eigenvalue weighted by Crippen LogP contribution is -2.29.